The van der Waals surface area contributed by atoms with Crippen molar-refractivity contribution in [3.8, 4) is 0 Å². The average molecular weight is 171 g/mol. The van der Waals surface area contributed by atoms with Gasteiger partial charge in [0.05, 0.1) is 12.3 Å². The lowest BCUT2D eigenvalue weighted by molar-refractivity contribution is -0.120. The summed E-state index contributed by atoms with van der Waals surface area (Å²) in [7, 11) is 0. The van der Waals surface area contributed by atoms with E-state index in [1.165, 1.54) is 6.92 Å². The number of carbonyl (C=O) groups excluding carboxylic acids is 1. The number of hydrogen-bond acceptors (Lipinski definition) is 5. The second-order valence-electron chi connectivity index (χ2n) is 3.13. The van der Waals surface area contributed by atoms with Crippen molar-refractivity contribution in [1.29, 1.82) is 0 Å². The van der Waals surface area contributed by atoms with Crippen LogP contribution in [-0.2, 0) is 4.79 Å². The van der Waals surface area contributed by atoms with E-state index in [1.54, 1.807) is 0 Å². The van der Waals surface area contributed by atoms with Crippen LogP contribution in [0.3, 0.4) is 0 Å². The molecular formula is C6H13N5O. The Morgan fingerprint density at radius 3 is 3.00 bits per heavy atom. The van der Waals surface area contributed by atoms with Crippen LogP contribution in [0, 0.1) is 5.92 Å². The zero-order valence-corrected chi connectivity index (χ0v) is 6.85. The molecule has 2 aliphatic rings. The van der Waals surface area contributed by atoms with Gasteiger partial charge in [0.15, 0.2) is 0 Å². The van der Waals surface area contributed by atoms with E-state index in [1.807, 2.05) is 0 Å². The zero-order chi connectivity index (χ0) is 8.55. The van der Waals surface area contributed by atoms with Gasteiger partial charge in [-0.15, -0.1) is 0 Å². The molecule has 3 unspecified atom stereocenters. The summed E-state index contributed by atoms with van der Waals surface area (Å²) < 4.78 is 0. The molecule has 0 aromatic carbocycles. The molecule has 1 amide bonds. The van der Waals surface area contributed by atoms with Crippen LogP contribution in [0.25, 0.3) is 0 Å². The van der Waals surface area contributed by atoms with E-state index >= 15 is 0 Å². The van der Waals surface area contributed by atoms with Gasteiger partial charge in [0.1, 0.15) is 0 Å². The van der Waals surface area contributed by atoms with Gasteiger partial charge in [-0.2, -0.15) is 0 Å². The fourth-order valence-corrected chi connectivity index (χ4v) is 1.61. The van der Waals surface area contributed by atoms with Crippen molar-refractivity contribution in [3.05, 3.63) is 0 Å². The van der Waals surface area contributed by atoms with Crippen LogP contribution in [0.15, 0.2) is 0 Å². The molecule has 2 aliphatic heterocycles. The first kappa shape index (κ1) is 7.93. The quantitative estimate of drug-likeness (QED) is 0.304. The van der Waals surface area contributed by atoms with E-state index in [9.17, 15) is 4.79 Å². The number of hydrazine groups is 2. The van der Waals surface area contributed by atoms with E-state index in [0.717, 1.165) is 6.54 Å². The predicted molar refractivity (Wildman–Crippen MR) is 42.3 cm³/mol. The van der Waals surface area contributed by atoms with Crippen molar-refractivity contribution < 1.29 is 4.79 Å². The molecule has 12 heavy (non-hydrogen) atoms. The predicted octanol–water partition coefficient (Wildman–Crippen LogP) is -2.39. The highest BCUT2D eigenvalue weighted by atomic mass is 16.1. The Labute approximate surface area is 70.4 Å². The molecule has 0 aromatic rings. The van der Waals surface area contributed by atoms with Crippen LogP contribution in [0.1, 0.15) is 6.92 Å². The van der Waals surface area contributed by atoms with Crippen molar-refractivity contribution in [2.75, 3.05) is 6.54 Å². The molecule has 2 rings (SSSR count). The summed E-state index contributed by atoms with van der Waals surface area (Å²) in [6.07, 6.45) is 0.233. The largest absolute Gasteiger partial charge is 0.339 e. The average Bonchev–Trinajstić information content (AvgIpc) is 2.52. The van der Waals surface area contributed by atoms with Crippen LogP contribution in [-0.4, -0.2) is 24.8 Å². The van der Waals surface area contributed by atoms with Gasteiger partial charge in [-0.3, -0.25) is 10.2 Å². The molecule has 6 heteroatoms. The van der Waals surface area contributed by atoms with Gasteiger partial charge in [-0.1, -0.05) is 0 Å². The summed E-state index contributed by atoms with van der Waals surface area (Å²) in [5.74, 6) is 0.357. The molecule has 0 spiro atoms. The molecule has 2 heterocycles. The van der Waals surface area contributed by atoms with Crippen molar-refractivity contribution in [2.45, 2.75) is 19.3 Å². The molecule has 6 nitrogen and oxygen atoms in total. The maximum atomic E-state index is 10.8. The minimum absolute atomic E-state index is 0.0122. The number of carbonyl (C=O) groups is 1. The van der Waals surface area contributed by atoms with E-state index < -0.39 is 0 Å². The normalized spacial score (nSPS) is 39.6. The molecule has 0 radical (unpaired) electrons. The molecular weight excluding hydrogens is 158 g/mol. The second-order valence-corrected chi connectivity index (χ2v) is 3.13. The Kier molecular flexibility index (Phi) is 1.97. The van der Waals surface area contributed by atoms with E-state index in [-0.39, 0.29) is 18.2 Å². The maximum absolute atomic E-state index is 10.8. The van der Waals surface area contributed by atoms with Gasteiger partial charge >= 0.3 is 0 Å². The minimum Gasteiger partial charge on any atom is -0.339 e. The monoisotopic (exact) mass is 171 g/mol. The fraction of sp³-hybridized carbons (Fsp3) is 0.833. The standard InChI is InChI=1S/C6H13N5O/c1-3(12)8-5-4-2-7-9-6(4)11-10-5/h4-7,9-11H,2H2,1H3,(H,8,12). The van der Waals surface area contributed by atoms with Gasteiger partial charge in [0.2, 0.25) is 5.91 Å². The van der Waals surface area contributed by atoms with Crippen LogP contribution in [0.2, 0.25) is 0 Å². The highest BCUT2D eigenvalue weighted by Gasteiger charge is 2.39. The van der Waals surface area contributed by atoms with Gasteiger partial charge < -0.3 is 5.32 Å². The van der Waals surface area contributed by atoms with Gasteiger partial charge in [0, 0.05) is 19.4 Å². The molecule has 68 valence electrons. The van der Waals surface area contributed by atoms with Crippen LogP contribution in [0.5, 0.6) is 0 Å². The summed E-state index contributed by atoms with van der Waals surface area (Å²) in [6.45, 7) is 2.38. The van der Waals surface area contributed by atoms with Crippen LogP contribution in [0.4, 0.5) is 0 Å². The van der Waals surface area contributed by atoms with E-state index in [4.69, 9.17) is 0 Å². The molecule has 2 saturated heterocycles. The summed E-state index contributed by atoms with van der Waals surface area (Å²) in [5, 5.41) is 2.82. The van der Waals surface area contributed by atoms with E-state index in [0.29, 0.717) is 5.92 Å². The van der Waals surface area contributed by atoms with Crippen molar-refractivity contribution in [3.63, 3.8) is 0 Å². The third-order valence-corrected chi connectivity index (χ3v) is 2.20. The van der Waals surface area contributed by atoms with Crippen molar-refractivity contribution in [1.82, 2.24) is 27.0 Å². The van der Waals surface area contributed by atoms with E-state index in [2.05, 4.69) is 27.0 Å². The van der Waals surface area contributed by atoms with Gasteiger partial charge in [-0.05, 0) is 0 Å². The third-order valence-electron chi connectivity index (χ3n) is 2.20. The first-order valence-electron chi connectivity index (χ1n) is 4.04. The van der Waals surface area contributed by atoms with Gasteiger partial charge in [0.25, 0.3) is 0 Å². The number of nitrogens with one attached hydrogen (secondary N) is 5. The first-order chi connectivity index (χ1) is 5.77. The molecule has 0 aliphatic carbocycles. The Morgan fingerprint density at radius 1 is 1.42 bits per heavy atom. The topological polar surface area (TPSA) is 77.2 Å². The summed E-state index contributed by atoms with van der Waals surface area (Å²) in [5.41, 5.74) is 12.1. The smallest absolute Gasteiger partial charge is 0.218 e. The lowest BCUT2D eigenvalue weighted by Crippen LogP contribution is -2.48. The molecule has 0 aromatic heterocycles. The maximum Gasteiger partial charge on any atom is 0.218 e. The summed E-state index contributed by atoms with van der Waals surface area (Å²) in [4.78, 5) is 10.8. The van der Waals surface area contributed by atoms with Crippen LogP contribution < -0.4 is 27.0 Å². The van der Waals surface area contributed by atoms with Crippen molar-refractivity contribution >= 4 is 5.91 Å². The van der Waals surface area contributed by atoms with Gasteiger partial charge in [-0.25, -0.2) is 16.3 Å². The Bertz CT molecular complexity index is 196. The first-order valence-corrected chi connectivity index (χ1v) is 4.04. The highest BCUT2D eigenvalue weighted by Crippen LogP contribution is 2.13. The third kappa shape index (κ3) is 1.29. The fourth-order valence-electron chi connectivity index (χ4n) is 1.61. The van der Waals surface area contributed by atoms with Crippen molar-refractivity contribution in [2.24, 2.45) is 5.92 Å². The summed E-state index contributed by atoms with van der Waals surface area (Å²) in [6, 6.07) is 0. The molecule has 5 N–H and O–H groups in total. The second kappa shape index (κ2) is 2.98. The molecule has 0 bridgehead atoms. The molecule has 2 fully saturated rings. The van der Waals surface area contributed by atoms with Crippen LogP contribution >= 0.6 is 0 Å². The number of fused-ring (bicyclic) bond motifs is 1. The molecule has 0 saturated carbocycles. The number of hydrogen-bond donors (Lipinski definition) is 5. The number of amides is 1. The highest BCUT2D eigenvalue weighted by molar-refractivity contribution is 5.73. The Balaban J connectivity index is 1.95. The molecule has 3 atom stereocenters. The number of rotatable bonds is 1. The Hall–Kier alpha value is -0.690. The minimum atomic E-state index is -0.0122. The zero-order valence-electron chi connectivity index (χ0n) is 6.85. The summed E-state index contributed by atoms with van der Waals surface area (Å²) >= 11 is 0. The lowest BCUT2D eigenvalue weighted by Gasteiger charge is -2.15. The SMILES string of the molecule is CC(=O)NC1NNC2NNCC21. The lowest BCUT2D eigenvalue weighted by atomic mass is 10.1. The Morgan fingerprint density at radius 2 is 2.25 bits per heavy atom.